The number of H-pyrrole nitrogens is 1. The Kier molecular flexibility index (Phi) is 3.14. The van der Waals surface area contributed by atoms with Crippen LogP contribution in [0.4, 0.5) is 0 Å². The predicted molar refractivity (Wildman–Crippen MR) is 66.9 cm³/mol. The minimum Gasteiger partial charge on any atom is -0.481 e. The predicted octanol–water partition coefficient (Wildman–Crippen LogP) is 2.12. The molecule has 5 nitrogen and oxygen atoms in total. The fourth-order valence-electron chi connectivity index (χ4n) is 1.62. The van der Waals surface area contributed by atoms with Gasteiger partial charge in [0.25, 0.3) is 0 Å². The number of carbonyl (C=O) groups is 1. The number of hydrogen-bond donors (Lipinski definition) is 2. The van der Waals surface area contributed by atoms with E-state index in [-0.39, 0.29) is 0 Å². The van der Waals surface area contributed by atoms with Gasteiger partial charge in [-0.3, -0.25) is 9.78 Å². The molecule has 0 fully saturated rings. The molecule has 0 unspecified atom stereocenters. The average Bonchev–Trinajstić information content (AvgIpc) is 2.78. The molecule has 0 aliphatic heterocycles. The number of pyridine rings is 1. The van der Waals surface area contributed by atoms with Crippen molar-refractivity contribution in [3.63, 3.8) is 0 Å². The molecule has 2 N–H and O–H groups in total. The molecule has 0 bridgehead atoms. The van der Waals surface area contributed by atoms with Gasteiger partial charge in [-0.25, -0.2) is 4.98 Å². The lowest BCUT2D eigenvalue weighted by atomic mass is 9.89. The topological polar surface area (TPSA) is 78.9 Å². The van der Waals surface area contributed by atoms with Gasteiger partial charge in [0.2, 0.25) is 0 Å². The van der Waals surface area contributed by atoms with E-state index in [2.05, 4.69) is 15.0 Å². The van der Waals surface area contributed by atoms with Gasteiger partial charge in [0.05, 0.1) is 17.3 Å². The molecule has 0 amide bonds. The summed E-state index contributed by atoms with van der Waals surface area (Å²) >= 11 is 0. The number of nitrogens with zero attached hydrogens (tertiary/aromatic N) is 2. The SMILES string of the molecule is CC(C)(Cc1ncc(-c2ccncc2)[nH]1)C(=O)O. The second-order valence-corrected chi connectivity index (χ2v) is 4.85. The van der Waals surface area contributed by atoms with E-state index in [1.54, 1.807) is 32.4 Å². The zero-order valence-electron chi connectivity index (χ0n) is 10.3. The minimum absolute atomic E-state index is 0.368. The zero-order chi connectivity index (χ0) is 13.2. The van der Waals surface area contributed by atoms with Gasteiger partial charge in [0, 0.05) is 24.4 Å². The van der Waals surface area contributed by atoms with Crippen molar-refractivity contribution < 1.29 is 9.90 Å². The van der Waals surface area contributed by atoms with Gasteiger partial charge in [-0.1, -0.05) is 0 Å². The molecule has 18 heavy (non-hydrogen) atoms. The van der Waals surface area contributed by atoms with Crippen LogP contribution in [0.25, 0.3) is 11.3 Å². The maximum Gasteiger partial charge on any atom is 0.309 e. The molecule has 2 rings (SSSR count). The summed E-state index contributed by atoms with van der Waals surface area (Å²) in [5.74, 6) is -0.154. The van der Waals surface area contributed by atoms with E-state index in [4.69, 9.17) is 5.11 Å². The Bertz CT molecular complexity index is 546. The molecule has 0 aliphatic rings. The normalized spacial score (nSPS) is 11.4. The smallest absolute Gasteiger partial charge is 0.309 e. The molecule has 2 aromatic rings. The van der Waals surface area contributed by atoms with E-state index < -0.39 is 11.4 Å². The number of aromatic amines is 1. The number of imidazole rings is 1. The molecular formula is C13H15N3O2. The van der Waals surface area contributed by atoms with Gasteiger partial charge in [-0.05, 0) is 26.0 Å². The highest BCUT2D eigenvalue weighted by Gasteiger charge is 2.28. The summed E-state index contributed by atoms with van der Waals surface area (Å²) < 4.78 is 0. The van der Waals surface area contributed by atoms with Crippen LogP contribution in [0, 0.1) is 5.41 Å². The minimum atomic E-state index is -0.829. The maximum atomic E-state index is 11.1. The lowest BCUT2D eigenvalue weighted by molar-refractivity contribution is -0.146. The second-order valence-electron chi connectivity index (χ2n) is 4.85. The van der Waals surface area contributed by atoms with Crippen molar-refractivity contribution in [2.24, 2.45) is 5.41 Å². The van der Waals surface area contributed by atoms with E-state index in [1.165, 1.54) is 0 Å². The van der Waals surface area contributed by atoms with Crippen molar-refractivity contribution in [2.75, 3.05) is 0 Å². The zero-order valence-corrected chi connectivity index (χ0v) is 10.3. The van der Waals surface area contributed by atoms with E-state index in [1.807, 2.05) is 12.1 Å². The summed E-state index contributed by atoms with van der Waals surface area (Å²) in [4.78, 5) is 22.4. The van der Waals surface area contributed by atoms with E-state index in [9.17, 15) is 4.79 Å². The number of hydrogen-bond acceptors (Lipinski definition) is 3. The van der Waals surface area contributed by atoms with Crippen molar-refractivity contribution in [3.05, 3.63) is 36.5 Å². The van der Waals surface area contributed by atoms with Crippen LogP contribution in [-0.4, -0.2) is 26.0 Å². The van der Waals surface area contributed by atoms with Gasteiger partial charge >= 0.3 is 5.97 Å². The lowest BCUT2D eigenvalue weighted by Gasteiger charge is -2.16. The van der Waals surface area contributed by atoms with Crippen LogP contribution in [-0.2, 0) is 11.2 Å². The van der Waals surface area contributed by atoms with Gasteiger partial charge in [-0.2, -0.15) is 0 Å². The third kappa shape index (κ3) is 2.56. The Morgan fingerprint density at radius 2 is 2.06 bits per heavy atom. The molecule has 0 spiro atoms. The number of carboxylic acid groups (broad SMARTS) is 1. The molecule has 94 valence electrons. The number of aliphatic carboxylic acids is 1. The molecule has 2 aromatic heterocycles. The lowest BCUT2D eigenvalue weighted by Crippen LogP contribution is -2.26. The number of aromatic nitrogens is 3. The summed E-state index contributed by atoms with van der Waals surface area (Å²) in [6, 6.07) is 3.75. The van der Waals surface area contributed by atoms with Crippen molar-refractivity contribution in [1.29, 1.82) is 0 Å². The van der Waals surface area contributed by atoms with Crippen molar-refractivity contribution in [1.82, 2.24) is 15.0 Å². The highest BCUT2D eigenvalue weighted by molar-refractivity contribution is 5.73. The largest absolute Gasteiger partial charge is 0.481 e. The summed E-state index contributed by atoms with van der Waals surface area (Å²) in [5, 5.41) is 9.08. The number of rotatable bonds is 4. The van der Waals surface area contributed by atoms with Crippen LogP contribution in [0.5, 0.6) is 0 Å². The summed E-state index contributed by atoms with van der Waals surface area (Å²) in [6.07, 6.45) is 5.49. The number of carboxylic acids is 1. The Morgan fingerprint density at radius 1 is 1.39 bits per heavy atom. The van der Waals surface area contributed by atoms with Gasteiger partial charge in [0.1, 0.15) is 5.82 Å². The van der Waals surface area contributed by atoms with Crippen molar-refractivity contribution >= 4 is 5.97 Å². The Hall–Kier alpha value is -2.17. The quantitative estimate of drug-likeness (QED) is 0.864. The fraction of sp³-hybridized carbons (Fsp3) is 0.308. The molecular weight excluding hydrogens is 230 g/mol. The van der Waals surface area contributed by atoms with Crippen LogP contribution in [0.1, 0.15) is 19.7 Å². The maximum absolute atomic E-state index is 11.1. The average molecular weight is 245 g/mol. The fourth-order valence-corrected chi connectivity index (χ4v) is 1.62. The van der Waals surface area contributed by atoms with Crippen LogP contribution in [0.2, 0.25) is 0 Å². The molecule has 0 aromatic carbocycles. The van der Waals surface area contributed by atoms with Crippen LogP contribution < -0.4 is 0 Å². The highest BCUT2D eigenvalue weighted by Crippen LogP contribution is 2.22. The Balaban J connectivity index is 2.19. The third-order valence-electron chi connectivity index (χ3n) is 2.81. The Labute approximate surface area is 105 Å². The van der Waals surface area contributed by atoms with E-state index >= 15 is 0 Å². The summed E-state index contributed by atoms with van der Waals surface area (Å²) in [7, 11) is 0. The molecule has 2 heterocycles. The highest BCUT2D eigenvalue weighted by atomic mass is 16.4. The molecule has 0 aliphatic carbocycles. The first-order valence-corrected chi connectivity index (χ1v) is 5.67. The van der Waals surface area contributed by atoms with Crippen LogP contribution >= 0.6 is 0 Å². The third-order valence-corrected chi connectivity index (χ3v) is 2.81. The summed E-state index contributed by atoms with van der Waals surface area (Å²) in [6.45, 7) is 3.37. The van der Waals surface area contributed by atoms with Crippen molar-refractivity contribution in [3.8, 4) is 11.3 Å². The van der Waals surface area contributed by atoms with Gasteiger partial charge in [0.15, 0.2) is 0 Å². The molecule has 0 saturated heterocycles. The molecule has 0 saturated carbocycles. The first-order valence-electron chi connectivity index (χ1n) is 5.67. The van der Waals surface area contributed by atoms with E-state index in [0.29, 0.717) is 12.2 Å². The molecule has 5 heteroatoms. The van der Waals surface area contributed by atoms with Crippen molar-refractivity contribution in [2.45, 2.75) is 20.3 Å². The monoisotopic (exact) mass is 245 g/mol. The number of nitrogens with one attached hydrogen (secondary N) is 1. The Morgan fingerprint density at radius 3 is 2.67 bits per heavy atom. The standard InChI is InChI=1S/C13H15N3O2/c1-13(2,12(17)18)7-11-15-8-10(16-11)9-3-5-14-6-4-9/h3-6,8H,7H2,1-2H3,(H,15,16)(H,17,18). The van der Waals surface area contributed by atoms with E-state index in [0.717, 1.165) is 11.3 Å². The van der Waals surface area contributed by atoms with Gasteiger partial charge in [-0.15, -0.1) is 0 Å². The molecule has 0 radical (unpaired) electrons. The second kappa shape index (κ2) is 4.60. The molecule has 0 atom stereocenters. The first kappa shape index (κ1) is 12.3. The summed E-state index contributed by atoms with van der Waals surface area (Å²) in [5.41, 5.74) is 1.03. The van der Waals surface area contributed by atoms with Crippen LogP contribution in [0.3, 0.4) is 0 Å². The van der Waals surface area contributed by atoms with Crippen LogP contribution in [0.15, 0.2) is 30.7 Å². The first-order chi connectivity index (χ1) is 8.49. The van der Waals surface area contributed by atoms with Gasteiger partial charge < -0.3 is 10.1 Å².